The first kappa shape index (κ1) is 16.3. The van der Waals surface area contributed by atoms with Gasteiger partial charge < -0.3 is 4.74 Å². The Morgan fingerprint density at radius 2 is 2.33 bits per heavy atom. The molecule has 6 heteroatoms. The monoisotopic (exact) mass is 341 g/mol. The minimum atomic E-state index is -0.0437. The van der Waals surface area contributed by atoms with Crippen molar-refractivity contribution >= 4 is 17.4 Å². The molecule has 0 N–H and O–H groups in total. The highest BCUT2D eigenvalue weighted by molar-refractivity contribution is 6.31. The van der Waals surface area contributed by atoms with Gasteiger partial charge in [-0.05, 0) is 25.1 Å². The zero-order chi connectivity index (χ0) is 17.3. The Labute approximate surface area is 145 Å². The van der Waals surface area contributed by atoms with Crippen molar-refractivity contribution in [1.29, 1.82) is 5.26 Å². The predicted molar refractivity (Wildman–Crippen MR) is 90.2 cm³/mol. The van der Waals surface area contributed by atoms with Crippen LogP contribution in [0.4, 0.5) is 0 Å². The fourth-order valence-electron chi connectivity index (χ4n) is 2.93. The number of carbonyl (C=O) groups is 1. The molecule has 1 heterocycles. The van der Waals surface area contributed by atoms with Gasteiger partial charge in [0.25, 0.3) is 0 Å². The third-order valence-electron chi connectivity index (χ3n) is 4.12. The van der Waals surface area contributed by atoms with Crippen molar-refractivity contribution in [1.82, 2.24) is 9.55 Å². The number of nitrogens with zero attached hydrogens (tertiary/aromatic N) is 3. The van der Waals surface area contributed by atoms with Gasteiger partial charge in [0.15, 0.2) is 5.78 Å². The largest absolute Gasteiger partial charge is 0.499 e. The number of hydrogen-bond donors (Lipinski definition) is 0. The number of benzene rings is 1. The summed E-state index contributed by atoms with van der Waals surface area (Å²) >= 11 is 6.10. The minimum absolute atomic E-state index is 0.0000789. The number of imidazole rings is 1. The van der Waals surface area contributed by atoms with Crippen molar-refractivity contribution in [2.24, 2.45) is 5.92 Å². The number of ether oxygens (including phenoxy) is 1. The van der Waals surface area contributed by atoms with Gasteiger partial charge in [0.05, 0.1) is 28.6 Å². The van der Waals surface area contributed by atoms with E-state index >= 15 is 0 Å². The summed E-state index contributed by atoms with van der Waals surface area (Å²) in [5.74, 6) is 0.588. The van der Waals surface area contributed by atoms with E-state index in [-0.39, 0.29) is 11.7 Å². The number of rotatable bonds is 4. The molecule has 0 fully saturated rings. The van der Waals surface area contributed by atoms with Gasteiger partial charge in [0.1, 0.15) is 18.1 Å². The van der Waals surface area contributed by atoms with E-state index < -0.39 is 0 Å². The molecule has 0 aliphatic heterocycles. The fourth-order valence-corrected chi connectivity index (χ4v) is 3.14. The molecule has 3 rings (SSSR count). The molecule has 0 spiro atoms. The van der Waals surface area contributed by atoms with Crippen molar-refractivity contribution < 1.29 is 9.53 Å². The number of Topliss-reactive ketones (excluding diaryl/α,β-unsaturated/α-hetero) is 1. The molecule has 1 atom stereocenters. The number of fused-ring (bicyclic) bond motifs is 1. The van der Waals surface area contributed by atoms with Crippen molar-refractivity contribution in [3.05, 3.63) is 58.8 Å². The van der Waals surface area contributed by atoms with Crippen LogP contribution in [0.15, 0.2) is 36.9 Å². The Balaban J connectivity index is 1.96. The highest BCUT2D eigenvalue weighted by atomic mass is 35.5. The average Bonchev–Trinajstić information content (AvgIpc) is 2.99. The van der Waals surface area contributed by atoms with Crippen LogP contribution in [0.25, 0.3) is 5.69 Å². The second-order valence-corrected chi connectivity index (χ2v) is 6.02. The summed E-state index contributed by atoms with van der Waals surface area (Å²) in [7, 11) is 0. The summed E-state index contributed by atoms with van der Waals surface area (Å²) in [4.78, 5) is 17.0. The molecule has 0 radical (unpaired) electrons. The summed E-state index contributed by atoms with van der Waals surface area (Å²) in [6, 6.07) is 7.08. The van der Waals surface area contributed by atoms with Gasteiger partial charge >= 0.3 is 0 Å². The standard InChI is InChI=1S/C18H16ClN3O2/c1-3-24-11(2)13-6-16-18(17(23)7-13)22(10-21-16)14-5-4-12(9-20)15(19)8-14/h4-5,8,10,13H,2-3,6-7H2,1H3. The van der Waals surface area contributed by atoms with Gasteiger partial charge in [0, 0.05) is 24.4 Å². The molecule has 1 aliphatic rings. The van der Waals surface area contributed by atoms with Crippen LogP contribution >= 0.6 is 11.6 Å². The molecule has 24 heavy (non-hydrogen) atoms. The van der Waals surface area contributed by atoms with Gasteiger partial charge in [-0.25, -0.2) is 4.98 Å². The zero-order valence-electron chi connectivity index (χ0n) is 13.3. The Kier molecular flexibility index (Phi) is 4.41. The van der Waals surface area contributed by atoms with Crippen LogP contribution in [0, 0.1) is 17.2 Å². The summed E-state index contributed by atoms with van der Waals surface area (Å²) in [6.45, 7) is 6.34. The molecular weight excluding hydrogens is 326 g/mol. The molecule has 122 valence electrons. The lowest BCUT2D eigenvalue weighted by Crippen LogP contribution is -2.24. The molecule has 0 saturated carbocycles. The number of aromatic nitrogens is 2. The summed E-state index contributed by atoms with van der Waals surface area (Å²) in [5, 5.41) is 9.32. The van der Waals surface area contributed by atoms with Crippen molar-refractivity contribution in [2.45, 2.75) is 19.8 Å². The van der Waals surface area contributed by atoms with Crippen LogP contribution < -0.4 is 0 Å². The first-order valence-electron chi connectivity index (χ1n) is 7.66. The SMILES string of the molecule is C=C(OCC)C1CC(=O)c2c(ncn2-c2ccc(C#N)c(Cl)c2)C1. The first-order chi connectivity index (χ1) is 11.5. The number of ketones is 1. The van der Waals surface area contributed by atoms with Gasteiger partial charge in [-0.15, -0.1) is 0 Å². The van der Waals surface area contributed by atoms with E-state index in [0.717, 1.165) is 5.69 Å². The van der Waals surface area contributed by atoms with E-state index in [9.17, 15) is 4.79 Å². The van der Waals surface area contributed by atoms with E-state index in [1.165, 1.54) is 0 Å². The highest BCUT2D eigenvalue weighted by Gasteiger charge is 2.31. The van der Waals surface area contributed by atoms with Crippen LogP contribution in [-0.2, 0) is 11.2 Å². The van der Waals surface area contributed by atoms with Gasteiger partial charge in [-0.2, -0.15) is 5.26 Å². The third kappa shape index (κ3) is 2.81. The van der Waals surface area contributed by atoms with Crippen LogP contribution in [0.5, 0.6) is 0 Å². The summed E-state index contributed by atoms with van der Waals surface area (Å²) in [6.07, 6.45) is 2.59. The zero-order valence-corrected chi connectivity index (χ0v) is 14.0. The van der Waals surface area contributed by atoms with Crippen LogP contribution in [0.1, 0.15) is 35.1 Å². The average molecular weight is 342 g/mol. The maximum absolute atomic E-state index is 12.6. The molecule has 0 amide bonds. The number of hydrogen-bond acceptors (Lipinski definition) is 4. The van der Waals surface area contributed by atoms with E-state index in [1.54, 1.807) is 29.1 Å². The molecule has 1 unspecified atom stereocenters. The van der Waals surface area contributed by atoms with Gasteiger partial charge in [0.2, 0.25) is 0 Å². The Morgan fingerprint density at radius 1 is 1.54 bits per heavy atom. The van der Waals surface area contributed by atoms with Crippen LogP contribution in [0.2, 0.25) is 5.02 Å². The van der Waals surface area contributed by atoms with E-state index in [2.05, 4.69) is 11.6 Å². The lowest BCUT2D eigenvalue weighted by molar-refractivity contribution is 0.0921. The Morgan fingerprint density at radius 3 is 3.00 bits per heavy atom. The lowest BCUT2D eigenvalue weighted by atomic mass is 9.87. The number of nitriles is 1. The second-order valence-electron chi connectivity index (χ2n) is 5.61. The smallest absolute Gasteiger partial charge is 0.182 e. The topological polar surface area (TPSA) is 67.9 Å². The molecule has 1 aromatic heterocycles. The van der Waals surface area contributed by atoms with E-state index in [4.69, 9.17) is 21.6 Å². The molecular formula is C18H16ClN3O2. The van der Waals surface area contributed by atoms with Crippen LogP contribution in [0.3, 0.4) is 0 Å². The summed E-state index contributed by atoms with van der Waals surface area (Å²) in [5.41, 5.74) is 2.41. The molecule has 1 aromatic carbocycles. The maximum Gasteiger partial charge on any atom is 0.182 e. The molecule has 5 nitrogen and oxygen atoms in total. The number of allylic oxidation sites excluding steroid dienone is 1. The maximum atomic E-state index is 12.6. The molecule has 0 saturated heterocycles. The van der Waals surface area contributed by atoms with E-state index in [1.807, 2.05) is 13.0 Å². The Bertz CT molecular complexity index is 864. The Hall–Kier alpha value is -2.58. The molecule has 0 bridgehead atoms. The summed E-state index contributed by atoms with van der Waals surface area (Å²) < 4.78 is 7.17. The number of carbonyl (C=O) groups excluding carboxylic acids is 1. The lowest BCUT2D eigenvalue weighted by Gasteiger charge is -2.23. The highest BCUT2D eigenvalue weighted by Crippen LogP contribution is 2.31. The molecule has 2 aromatic rings. The van der Waals surface area contributed by atoms with Crippen molar-refractivity contribution in [2.75, 3.05) is 6.61 Å². The normalized spacial score (nSPS) is 16.4. The quantitative estimate of drug-likeness (QED) is 0.795. The van der Waals surface area contributed by atoms with Crippen LogP contribution in [-0.4, -0.2) is 21.9 Å². The van der Waals surface area contributed by atoms with Gasteiger partial charge in [-0.3, -0.25) is 9.36 Å². The van der Waals surface area contributed by atoms with Crippen molar-refractivity contribution in [3.8, 4) is 11.8 Å². The minimum Gasteiger partial charge on any atom is -0.499 e. The second kappa shape index (κ2) is 6.50. The molecule has 1 aliphatic carbocycles. The fraction of sp³-hybridized carbons (Fsp3) is 0.278. The van der Waals surface area contributed by atoms with Gasteiger partial charge in [-0.1, -0.05) is 18.2 Å². The first-order valence-corrected chi connectivity index (χ1v) is 8.04. The number of halogens is 1. The predicted octanol–water partition coefficient (Wildman–Crippen LogP) is 3.69. The van der Waals surface area contributed by atoms with Crippen molar-refractivity contribution in [3.63, 3.8) is 0 Å². The van der Waals surface area contributed by atoms with E-state index in [0.29, 0.717) is 47.2 Å². The third-order valence-corrected chi connectivity index (χ3v) is 4.43.